The first-order valence-electron chi connectivity index (χ1n) is 5.54. The van der Waals surface area contributed by atoms with Crippen LogP contribution in [0.5, 0.6) is 0 Å². The van der Waals surface area contributed by atoms with Crippen LogP contribution in [-0.4, -0.2) is 19.2 Å². The molecule has 0 aliphatic rings. The number of rotatable bonds is 3. The number of amides is 1. The normalized spacial score (nSPS) is 16.0. The van der Waals surface area contributed by atoms with Crippen LogP contribution in [-0.2, 0) is 4.74 Å². The van der Waals surface area contributed by atoms with Crippen molar-refractivity contribution in [3.05, 3.63) is 0 Å². The summed E-state index contributed by atoms with van der Waals surface area (Å²) in [6.07, 6.45) is -0.343. The Labute approximate surface area is 93.6 Å². The third-order valence-electron chi connectivity index (χ3n) is 3.09. The van der Waals surface area contributed by atoms with Crippen LogP contribution < -0.4 is 5.32 Å². The highest BCUT2D eigenvalue weighted by Crippen LogP contribution is 2.31. The summed E-state index contributed by atoms with van der Waals surface area (Å²) in [5.41, 5.74) is 0.177. The van der Waals surface area contributed by atoms with Gasteiger partial charge >= 0.3 is 6.09 Å². The molecule has 2 atom stereocenters. The molecule has 0 aliphatic heterocycles. The van der Waals surface area contributed by atoms with E-state index in [4.69, 9.17) is 0 Å². The van der Waals surface area contributed by atoms with Crippen molar-refractivity contribution in [2.45, 2.75) is 47.6 Å². The van der Waals surface area contributed by atoms with Gasteiger partial charge in [-0.3, -0.25) is 0 Å². The minimum Gasteiger partial charge on any atom is -0.453 e. The van der Waals surface area contributed by atoms with Crippen LogP contribution in [0.4, 0.5) is 4.79 Å². The van der Waals surface area contributed by atoms with E-state index in [2.05, 4.69) is 51.6 Å². The standard InChI is InChI=1S/C12H25NO2/c1-8(2)10(13-11(14)15-7)9(3)12(4,5)6/h8-10H,1-7H3,(H,13,14)/t9?,10-/m0/s1. The molecule has 15 heavy (non-hydrogen) atoms. The predicted octanol–water partition coefficient (Wildman–Crippen LogP) is 3.05. The van der Waals surface area contributed by atoms with E-state index in [1.807, 2.05) is 0 Å². The van der Waals surface area contributed by atoms with E-state index < -0.39 is 0 Å². The van der Waals surface area contributed by atoms with Gasteiger partial charge in [0.15, 0.2) is 0 Å². The second kappa shape index (κ2) is 5.38. The first kappa shape index (κ1) is 14.3. The van der Waals surface area contributed by atoms with E-state index in [9.17, 15) is 4.79 Å². The second-order valence-corrected chi connectivity index (χ2v) is 5.56. The minimum absolute atomic E-state index is 0.150. The smallest absolute Gasteiger partial charge is 0.407 e. The topological polar surface area (TPSA) is 38.3 Å². The molecule has 0 radical (unpaired) electrons. The largest absolute Gasteiger partial charge is 0.453 e. The highest BCUT2D eigenvalue weighted by molar-refractivity contribution is 5.67. The summed E-state index contributed by atoms with van der Waals surface area (Å²) in [6, 6.07) is 0.150. The van der Waals surface area contributed by atoms with Gasteiger partial charge in [-0.15, -0.1) is 0 Å². The van der Waals surface area contributed by atoms with Crippen LogP contribution in [0.1, 0.15) is 41.5 Å². The van der Waals surface area contributed by atoms with E-state index >= 15 is 0 Å². The average Bonchev–Trinajstić information content (AvgIpc) is 2.10. The van der Waals surface area contributed by atoms with Crippen LogP contribution in [0.2, 0.25) is 0 Å². The molecule has 0 aromatic rings. The summed E-state index contributed by atoms with van der Waals surface area (Å²) in [5.74, 6) is 0.801. The van der Waals surface area contributed by atoms with E-state index in [0.29, 0.717) is 11.8 Å². The van der Waals surface area contributed by atoms with Crippen molar-refractivity contribution in [3.8, 4) is 0 Å². The zero-order valence-corrected chi connectivity index (χ0v) is 11.0. The molecule has 0 rings (SSSR count). The zero-order valence-electron chi connectivity index (χ0n) is 11.0. The van der Waals surface area contributed by atoms with Crippen molar-refractivity contribution in [1.82, 2.24) is 5.32 Å². The number of hydrogen-bond donors (Lipinski definition) is 1. The average molecular weight is 215 g/mol. The molecule has 0 aromatic heterocycles. The maximum atomic E-state index is 11.2. The zero-order chi connectivity index (χ0) is 12.2. The van der Waals surface area contributed by atoms with Crippen molar-refractivity contribution >= 4 is 6.09 Å². The second-order valence-electron chi connectivity index (χ2n) is 5.56. The van der Waals surface area contributed by atoms with Crippen LogP contribution in [0.3, 0.4) is 0 Å². The van der Waals surface area contributed by atoms with Crippen molar-refractivity contribution < 1.29 is 9.53 Å². The molecule has 3 heteroatoms. The number of carbonyl (C=O) groups is 1. The summed E-state index contributed by atoms with van der Waals surface area (Å²) in [6.45, 7) is 13.0. The van der Waals surface area contributed by atoms with Gasteiger partial charge < -0.3 is 10.1 Å². The number of methoxy groups -OCH3 is 1. The summed E-state index contributed by atoms with van der Waals surface area (Å²) < 4.78 is 4.64. The minimum atomic E-state index is -0.343. The molecule has 90 valence electrons. The van der Waals surface area contributed by atoms with Gasteiger partial charge in [-0.1, -0.05) is 41.5 Å². The number of carbonyl (C=O) groups excluding carboxylic acids is 1. The van der Waals surface area contributed by atoms with E-state index in [1.54, 1.807) is 0 Å². The van der Waals surface area contributed by atoms with Crippen molar-refractivity contribution in [3.63, 3.8) is 0 Å². The molecule has 3 nitrogen and oxygen atoms in total. The van der Waals surface area contributed by atoms with Crippen LogP contribution >= 0.6 is 0 Å². The van der Waals surface area contributed by atoms with Crippen LogP contribution in [0.15, 0.2) is 0 Å². The van der Waals surface area contributed by atoms with Gasteiger partial charge in [-0.25, -0.2) is 4.79 Å². The molecule has 1 N–H and O–H groups in total. The van der Waals surface area contributed by atoms with Gasteiger partial charge in [0.2, 0.25) is 0 Å². The van der Waals surface area contributed by atoms with Crippen LogP contribution in [0.25, 0.3) is 0 Å². The third kappa shape index (κ3) is 4.54. The van der Waals surface area contributed by atoms with Crippen molar-refractivity contribution in [2.24, 2.45) is 17.3 Å². The molecule has 1 unspecified atom stereocenters. The Hall–Kier alpha value is -0.730. The fraction of sp³-hybridized carbons (Fsp3) is 0.917. The molecule has 0 aromatic carbocycles. The highest BCUT2D eigenvalue weighted by Gasteiger charge is 2.31. The molecule has 0 bridgehead atoms. The first-order chi connectivity index (χ1) is 6.70. The molecule has 0 heterocycles. The van der Waals surface area contributed by atoms with E-state index in [1.165, 1.54) is 7.11 Å². The third-order valence-corrected chi connectivity index (χ3v) is 3.09. The Balaban J connectivity index is 4.60. The number of ether oxygens (including phenoxy) is 1. The fourth-order valence-corrected chi connectivity index (χ4v) is 1.60. The molecule has 0 saturated heterocycles. The Morgan fingerprint density at radius 1 is 1.20 bits per heavy atom. The Morgan fingerprint density at radius 3 is 1.93 bits per heavy atom. The number of hydrogen-bond acceptors (Lipinski definition) is 2. The summed E-state index contributed by atoms with van der Waals surface area (Å²) in [4.78, 5) is 11.2. The highest BCUT2D eigenvalue weighted by atomic mass is 16.5. The van der Waals surface area contributed by atoms with Crippen molar-refractivity contribution in [1.29, 1.82) is 0 Å². The van der Waals surface area contributed by atoms with Crippen LogP contribution in [0, 0.1) is 17.3 Å². The monoisotopic (exact) mass is 215 g/mol. The van der Waals surface area contributed by atoms with Gasteiger partial charge in [0.1, 0.15) is 0 Å². The Kier molecular flexibility index (Phi) is 5.12. The molecule has 0 spiro atoms. The number of alkyl carbamates (subject to hydrolysis) is 1. The lowest BCUT2D eigenvalue weighted by Crippen LogP contribution is -2.46. The molecule has 1 amide bonds. The molecular formula is C12H25NO2. The van der Waals surface area contributed by atoms with E-state index in [-0.39, 0.29) is 17.6 Å². The quantitative estimate of drug-likeness (QED) is 0.785. The molecule has 0 aliphatic carbocycles. The molecule has 0 saturated carbocycles. The molecular weight excluding hydrogens is 190 g/mol. The van der Waals surface area contributed by atoms with Gasteiger partial charge in [0.05, 0.1) is 7.11 Å². The lowest BCUT2D eigenvalue weighted by atomic mass is 9.74. The van der Waals surface area contributed by atoms with E-state index in [0.717, 1.165) is 0 Å². The SMILES string of the molecule is COC(=O)N[C@@H](C(C)C)C(C)C(C)(C)C. The lowest BCUT2D eigenvalue weighted by Gasteiger charge is -2.36. The van der Waals surface area contributed by atoms with Gasteiger partial charge in [0.25, 0.3) is 0 Å². The van der Waals surface area contributed by atoms with Gasteiger partial charge in [0, 0.05) is 6.04 Å². The maximum absolute atomic E-state index is 11.2. The Morgan fingerprint density at radius 2 is 1.67 bits per heavy atom. The summed E-state index contributed by atoms with van der Waals surface area (Å²) >= 11 is 0. The number of nitrogens with one attached hydrogen (secondary N) is 1. The maximum Gasteiger partial charge on any atom is 0.407 e. The first-order valence-corrected chi connectivity index (χ1v) is 5.54. The lowest BCUT2D eigenvalue weighted by molar-refractivity contribution is 0.132. The van der Waals surface area contributed by atoms with Gasteiger partial charge in [-0.05, 0) is 17.3 Å². The van der Waals surface area contributed by atoms with Gasteiger partial charge in [-0.2, -0.15) is 0 Å². The predicted molar refractivity (Wildman–Crippen MR) is 62.8 cm³/mol. The Bertz CT molecular complexity index is 206. The summed E-state index contributed by atoms with van der Waals surface area (Å²) in [5, 5.41) is 2.91. The van der Waals surface area contributed by atoms with Crippen molar-refractivity contribution in [2.75, 3.05) is 7.11 Å². The molecule has 0 fully saturated rings. The fourth-order valence-electron chi connectivity index (χ4n) is 1.60. The summed E-state index contributed by atoms with van der Waals surface area (Å²) in [7, 11) is 1.40.